The molecule has 1 aliphatic carbocycles. The summed E-state index contributed by atoms with van der Waals surface area (Å²) in [6, 6.07) is 13.2. The Morgan fingerprint density at radius 1 is 0.855 bits per heavy atom. The van der Waals surface area contributed by atoms with E-state index in [0.717, 1.165) is 18.4 Å². The summed E-state index contributed by atoms with van der Waals surface area (Å²) in [5.41, 5.74) is 22.1. The molecule has 62 heavy (non-hydrogen) atoms. The molecule has 1 saturated carbocycles. The normalized spacial score (nSPS) is 18.7. The molecule has 0 radical (unpaired) electrons. The van der Waals surface area contributed by atoms with Gasteiger partial charge in [0, 0.05) is 43.2 Å². The lowest BCUT2D eigenvalue weighted by atomic mass is 9.89. The van der Waals surface area contributed by atoms with E-state index in [1.807, 2.05) is 25.1 Å². The third kappa shape index (κ3) is 11.9. The molecule has 1 heterocycles. The van der Waals surface area contributed by atoms with Gasteiger partial charge in [-0.25, -0.2) is 0 Å². The topological polar surface area (TPSA) is 257 Å². The Morgan fingerprint density at radius 2 is 1.50 bits per heavy atom. The van der Waals surface area contributed by atoms with Crippen molar-refractivity contribution in [3.8, 4) is 28.7 Å². The monoisotopic (exact) mass is 851 g/mol. The minimum atomic E-state index is -1.35. The van der Waals surface area contributed by atoms with Gasteiger partial charge >= 0.3 is 0 Å². The van der Waals surface area contributed by atoms with E-state index in [9.17, 15) is 24.0 Å². The van der Waals surface area contributed by atoms with Gasteiger partial charge in [-0.15, -0.1) is 0 Å². The molecule has 4 bridgehead atoms. The van der Waals surface area contributed by atoms with Gasteiger partial charge in [-0.2, -0.15) is 5.26 Å². The number of nitrogens with two attached hydrogens (primary N) is 3. The van der Waals surface area contributed by atoms with Gasteiger partial charge in [-0.3, -0.25) is 24.0 Å². The standard InChI is InChI=1S/C46H61N9O7/c1-28-24-32(31-8-6-4-5-7-9-31)11-13-34(28)43(57)53-37(16-17-47)46(60)55(3)41-33-12-15-40(62-23-20-50)36(27-33)35-25-30(10-14-39(35)61-22-19-49)26-38(44(58)51-21-18-48)54-42(56)29(2)52-45(41)59/h10-15,24-25,27,29,31,37-38,41H,4-9,16-17,19-23,26,47,49-50H2,1-3H3,(H,51,58)(H,52,59)(H,53,57)(H,54,56)/t29-,37-,38-,41-/m0/s1. The SMILES string of the molecule is Cc1cc(C2CCCCCC2)ccc1C(=O)N[C@@H](CCN)C(=O)N(C)[C@@H]1C(=O)N[C@@H](C)C(=O)N[C@H](C(=O)NCC#N)Cc2ccc(OCCN)c(c2)-c2cc1ccc2OCCN. The number of amides is 5. The van der Waals surface area contributed by atoms with E-state index in [2.05, 4.69) is 27.3 Å². The molecule has 16 nitrogen and oxygen atoms in total. The van der Waals surface area contributed by atoms with Crippen LogP contribution < -0.4 is 47.9 Å². The number of carbonyl (C=O) groups excluding carboxylic acids is 5. The van der Waals surface area contributed by atoms with Crippen molar-refractivity contribution in [1.29, 1.82) is 5.26 Å². The number of hydrogen-bond acceptors (Lipinski definition) is 11. The number of nitrogens with zero attached hydrogens (tertiary/aromatic N) is 2. The van der Waals surface area contributed by atoms with E-state index in [0.29, 0.717) is 45.2 Å². The third-order valence-corrected chi connectivity index (χ3v) is 11.4. The maximum atomic E-state index is 14.6. The molecule has 2 aliphatic rings. The molecular formula is C46H61N9O7. The number of benzene rings is 3. The van der Waals surface area contributed by atoms with Gasteiger partial charge in [0.05, 0.1) is 6.07 Å². The second kappa shape index (κ2) is 22.7. The van der Waals surface area contributed by atoms with Gasteiger partial charge in [0.25, 0.3) is 5.91 Å². The molecule has 0 spiro atoms. The highest BCUT2D eigenvalue weighted by molar-refractivity contribution is 6.00. The molecule has 4 atom stereocenters. The first-order chi connectivity index (χ1) is 29.9. The number of ether oxygens (including phenoxy) is 2. The highest BCUT2D eigenvalue weighted by Gasteiger charge is 2.36. The number of nitriles is 1. The van der Waals surface area contributed by atoms with Crippen LogP contribution in [0, 0.1) is 18.3 Å². The number of aryl methyl sites for hydroxylation is 1. The minimum Gasteiger partial charge on any atom is -0.492 e. The lowest BCUT2D eigenvalue weighted by molar-refractivity contribution is -0.141. The largest absolute Gasteiger partial charge is 0.492 e. The van der Waals surface area contributed by atoms with Gasteiger partial charge in [0.1, 0.15) is 55.4 Å². The molecule has 3 aromatic carbocycles. The third-order valence-electron chi connectivity index (χ3n) is 11.4. The summed E-state index contributed by atoms with van der Waals surface area (Å²) >= 11 is 0. The number of nitrogens with one attached hydrogen (secondary N) is 4. The fraction of sp³-hybridized carbons (Fsp3) is 0.478. The van der Waals surface area contributed by atoms with E-state index in [4.69, 9.17) is 31.9 Å². The average Bonchev–Trinajstić information content (AvgIpc) is 3.56. The zero-order valence-electron chi connectivity index (χ0n) is 36.0. The van der Waals surface area contributed by atoms with Crippen LogP contribution in [0.25, 0.3) is 11.1 Å². The fourth-order valence-corrected chi connectivity index (χ4v) is 8.17. The number of fused-ring (bicyclic) bond motifs is 5. The van der Waals surface area contributed by atoms with Crippen LogP contribution in [0.5, 0.6) is 11.5 Å². The quantitative estimate of drug-likeness (QED) is 0.0864. The van der Waals surface area contributed by atoms with Crippen molar-refractivity contribution in [2.24, 2.45) is 17.2 Å². The number of carbonyl (C=O) groups is 5. The van der Waals surface area contributed by atoms with Gasteiger partial charge in [0.15, 0.2) is 0 Å². The molecule has 5 amide bonds. The molecule has 1 aliphatic heterocycles. The summed E-state index contributed by atoms with van der Waals surface area (Å²) in [7, 11) is 1.45. The summed E-state index contributed by atoms with van der Waals surface area (Å²) in [4.78, 5) is 71.3. The lowest BCUT2D eigenvalue weighted by Gasteiger charge is -2.32. The van der Waals surface area contributed by atoms with E-state index >= 15 is 0 Å². The van der Waals surface area contributed by atoms with Crippen LogP contribution in [0.4, 0.5) is 0 Å². The van der Waals surface area contributed by atoms with Gasteiger partial charge in [-0.1, -0.05) is 49.9 Å². The van der Waals surface area contributed by atoms with Crippen molar-refractivity contribution < 1.29 is 33.4 Å². The summed E-state index contributed by atoms with van der Waals surface area (Å²) < 4.78 is 12.2. The minimum absolute atomic E-state index is 0.0187. The predicted molar refractivity (Wildman–Crippen MR) is 235 cm³/mol. The van der Waals surface area contributed by atoms with Crippen LogP contribution in [0.1, 0.15) is 96.4 Å². The van der Waals surface area contributed by atoms with Crippen molar-refractivity contribution in [3.63, 3.8) is 0 Å². The van der Waals surface area contributed by atoms with Crippen LogP contribution in [-0.2, 0) is 25.6 Å². The van der Waals surface area contributed by atoms with Crippen molar-refractivity contribution in [2.45, 2.75) is 95.3 Å². The van der Waals surface area contributed by atoms with Crippen molar-refractivity contribution >= 4 is 29.5 Å². The summed E-state index contributed by atoms with van der Waals surface area (Å²) in [5.74, 6) is -1.79. The first kappa shape index (κ1) is 47.0. The molecule has 16 heteroatoms. The van der Waals surface area contributed by atoms with Crippen LogP contribution in [0.3, 0.4) is 0 Å². The van der Waals surface area contributed by atoms with Crippen LogP contribution >= 0.6 is 0 Å². The second-order valence-corrected chi connectivity index (χ2v) is 15.9. The zero-order valence-corrected chi connectivity index (χ0v) is 36.0. The Morgan fingerprint density at radius 3 is 2.13 bits per heavy atom. The number of hydrogen-bond donors (Lipinski definition) is 7. The molecule has 332 valence electrons. The Kier molecular flexibility index (Phi) is 17.2. The molecule has 0 unspecified atom stereocenters. The fourth-order valence-electron chi connectivity index (χ4n) is 8.17. The summed E-state index contributed by atoms with van der Waals surface area (Å²) in [6.07, 6.45) is 7.15. The van der Waals surface area contributed by atoms with Crippen molar-refractivity contribution in [3.05, 3.63) is 82.4 Å². The van der Waals surface area contributed by atoms with Crippen LogP contribution in [0.2, 0.25) is 0 Å². The van der Waals surface area contributed by atoms with E-state index in [1.165, 1.54) is 50.1 Å². The maximum Gasteiger partial charge on any atom is 0.252 e. The van der Waals surface area contributed by atoms with E-state index in [-0.39, 0.29) is 52.2 Å². The molecule has 10 N–H and O–H groups in total. The molecule has 0 saturated heterocycles. The predicted octanol–water partition coefficient (Wildman–Crippen LogP) is 2.61. The first-order valence-electron chi connectivity index (χ1n) is 21.5. The first-order valence-corrected chi connectivity index (χ1v) is 21.5. The molecule has 3 aromatic rings. The van der Waals surface area contributed by atoms with E-state index < -0.39 is 53.7 Å². The molecule has 0 aromatic heterocycles. The second-order valence-electron chi connectivity index (χ2n) is 15.9. The Bertz CT molecular complexity index is 2110. The summed E-state index contributed by atoms with van der Waals surface area (Å²) in [6.45, 7) is 3.85. The molecule has 1 fully saturated rings. The Hall–Kier alpha value is -6.02. The Labute approximate surface area is 363 Å². The smallest absolute Gasteiger partial charge is 0.252 e. The molecule has 5 rings (SSSR count). The van der Waals surface area contributed by atoms with Crippen LogP contribution in [0.15, 0.2) is 54.6 Å². The van der Waals surface area contributed by atoms with Gasteiger partial charge in [-0.05, 0) is 98.2 Å². The lowest BCUT2D eigenvalue weighted by Crippen LogP contribution is -2.56. The molecular weight excluding hydrogens is 791 g/mol. The summed E-state index contributed by atoms with van der Waals surface area (Å²) in [5, 5.41) is 20.0. The van der Waals surface area contributed by atoms with Gasteiger partial charge in [0.2, 0.25) is 23.6 Å². The zero-order chi connectivity index (χ0) is 44.8. The Balaban J connectivity index is 1.56. The number of rotatable bonds is 15. The van der Waals surface area contributed by atoms with Crippen molar-refractivity contribution in [2.75, 3.05) is 46.4 Å². The van der Waals surface area contributed by atoms with E-state index in [1.54, 1.807) is 36.4 Å². The number of likely N-dealkylation sites (N-methyl/N-ethyl adjacent to an activating group) is 1. The van der Waals surface area contributed by atoms with Crippen molar-refractivity contribution in [1.82, 2.24) is 26.2 Å². The maximum absolute atomic E-state index is 14.6. The van der Waals surface area contributed by atoms with Crippen LogP contribution in [-0.4, -0.2) is 99.0 Å². The van der Waals surface area contributed by atoms with Gasteiger partial charge < -0.3 is 52.8 Å². The average molecular weight is 852 g/mol. The highest BCUT2D eigenvalue weighted by Crippen LogP contribution is 2.40. The highest BCUT2D eigenvalue weighted by atomic mass is 16.5.